The molecule has 3 N–H and O–H groups in total. The lowest BCUT2D eigenvalue weighted by Crippen LogP contribution is -2.52. The van der Waals surface area contributed by atoms with Crippen LogP contribution in [0.1, 0.15) is 92.1 Å². The van der Waals surface area contributed by atoms with Gasteiger partial charge in [0.25, 0.3) is 17.7 Å². The van der Waals surface area contributed by atoms with Crippen LogP contribution >= 0.6 is 0 Å². The van der Waals surface area contributed by atoms with Gasteiger partial charge in [-0.15, -0.1) is 0 Å². The average molecular weight is 707 g/mol. The van der Waals surface area contributed by atoms with Crippen LogP contribution in [0.5, 0.6) is 0 Å². The van der Waals surface area contributed by atoms with Crippen LogP contribution in [0.15, 0.2) is 85.7 Å². The van der Waals surface area contributed by atoms with Gasteiger partial charge in [0, 0.05) is 55.9 Å². The van der Waals surface area contributed by atoms with E-state index in [2.05, 4.69) is 36.0 Å². The molecule has 2 aliphatic heterocycles. The summed E-state index contributed by atoms with van der Waals surface area (Å²) in [6.07, 6.45) is 5.29. The van der Waals surface area contributed by atoms with Gasteiger partial charge in [-0.2, -0.15) is 0 Å². The lowest BCUT2D eigenvalue weighted by atomic mass is 10.0. The summed E-state index contributed by atoms with van der Waals surface area (Å²) >= 11 is 0. The average Bonchev–Trinajstić information content (AvgIpc) is 3.41. The highest BCUT2D eigenvalue weighted by Crippen LogP contribution is 2.34. The number of hydrogen-bond acceptors (Lipinski definition) is 8. The molecule has 12 heteroatoms. The zero-order valence-corrected chi connectivity index (χ0v) is 30.1. The number of rotatable bonds is 14. The van der Waals surface area contributed by atoms with Crippen molar-refractivity contribution in [1.82, 2.24) is 20.0 Å². The summed E-state index contributed by atoms with van der Waals surface area (Å²) in [7, 11) is 3.38. The normalized spacial score (nSPS) is 15.6. The number of nitrogens with zero attached hydrogens (tertiary/aromatic N) is 3. The van der Waals surface area contributed by atoms with E-state index in [4.69, 9.17) is 0 Å². The van der Waals surface area contributed by atoms with Gasteiger partial charge in [-0.05, 0) is 61.7 Å². The molecule has 0 spiro atoms. The van der Waals surface area contributed by atoms with Gasteiger partial charge in [0.15, 0.2) is 6.29 Å². The number of imide groups is 1. The molecule has 5 amide bonds. The Morgan fingerprint density at radius 3 is 2.15 bits per heavy atom. The number of allylic oxidation sites excluding steroid dienone is 1. The number of amides is 5. The lowest BCUT2D eigenvalue weighted by Gasteiger charge is -2.34. The summed E-state index contributed by atoms with van der Waals surface area (Å²) in [6.45, 7) is 12.0. The number of benzene rings is 3. The van der Waals surface area contributed by atoms with E-state index in [1.165, 1.54) is 11.1 Å². The SMILES string of the molecule is C=C1CCC(N2C(=O)c3cccc(NCc4ccc(CNc5cccc(C=O)c5C(=O)N(C)C(C)CCC)cc4)c3C2=O)C(=O)N1C.C=CNC=O. The fourth-order valence-corrected chi connectivity index (χ4v) is 6.21. The first-order valence-electron chi connectivity index (χ1n) is 17.2. The summed E-state index contributed by atoms with van der Waals surface area (Å²) in [5.74, 6) is -1.45. The number of hydrogen-bond donors (Lipinski definition) is 3. The monoisotopic (exact) mass is 706 g/mol. The Hall–Kier alpha value is -6.04. The Bertz CT molecular complexity index is 1850. The van der Waals surface area contributed by atoms with Crippen molar-refractivity contribution < 1.29 is 28.8 Å². The molecular formula is C40H46N6O6. The third-order valence-electron chi connectivity index (χ3n) is 9.35. The Kier molecular flexibility index (Phi) is 13.2. The maximum atomic E-state index is 13.5. The summed E-state index contributed by atoms with van der Waals surface area (Å²) in [5, 5.41) is 8.83. The van der Waals surface area contributed by atoms with Gasteiger partial charge in [0.05, 0.1) is 16.7 Å². The number of piperidine rings is 1. The van der Waals surface area contributed by atoms with Crippen molar-refractivity contribution in [3.05, 3.63) is 119 Å². The van der Waals surface area contributed by atoms with E-state index in [9.17, 15) is 28.8 Å². The highest BCUT2D eigenvalue weighted by atomic mass is 16.2. The van der Waals surface area contributed by atoms with Crippen LogP contribution in [0.25, 0.3) is 0 Å². The molecule has 3 aromatic rings. The molecule has 0 bridgehead atoms. The summed E-state index contributed by atoms with van der Waals surface area (Å²) in [5.41, 5.74) is 4.97. The van der Waals surface area contributed by atoms with Crippen molar-refractivity contribution in [3.8, 4) is 0 Å². The van der Waals surface area contributed by atoms with Gasteiger partial charge in [-0.25, -0.2) is 0 Å². The minimum Gasteiger partial charge on any atom is -0.380 e. The van der Waals surface area contributed by atoms with Gasteiger partial charge < -0.3 is 25.8 Å². The Balaban J connectivity index is 0.00000113. The molecule has 2 unspecified atom stereocenters. The predicted molar refractivity (Wildman–Crippen MR) is 201 cm³/mol. The van der Waals surface area contributed by atoms with Crippen LogP contribution in [-0.4, -0.2) is 77.2 Å². The number of likely N-dealkylation sites (N-methyl/N-ethyl adjacent to an activating group) is 1. The van der Waals surface area contributed by atoms with Crippen LogP contribution in [0.3, 0.4) is 0 Å². The first kappa shape index (κ1) is 38.8. The molecule has 2 heterocycles. The second-order valence-corrected chi connectivity index (χ2v) is 12.7. The molecule has 2 atom stereocenters. The molecule has 0 saturated carbocycles. The van der Waals surface area contributed by atoms with E-state index in [1.54, 1.807) is 55.4 Å². The predicted octanol–water partition coefficient (Wildman–Crippen LogP) is 5.59. The molecule has 5 rings (SSSR count). The first-order chi connectivity index (χ1) is 25.0. The molecule has 2 aliphatic rings. The number of carbonyl (C=O) groups excluding carboxylic acids is 6. The number of carbonyl (C=O) groups is 6. The third kappa shape index (κ3) is 8.45. The smallest absolute Gasteiger partial charge is 0.264 e. The molecular weight excluding hydrogens is 660 g/mol. The molecule has 0 radical (unpaired) electrons. The lowest BCUT2D eigenvalue weighted by molar-refractivity contribution is -0.134. The van der Waals surface area contributed by atoms with Crippen LogP contribution in [0.4, 0.5) is 11.4 Å². The highest BCUT2D eigenvalue weighted by molar-refractivity contribution is 6.25. The van der Waals surface area contributed by atoms with Crippen molar-refractivity contribution in [2.75, 3.05) is 24.7 Å². The van der Waals surface area contributed by atoms with Crippen molar-refractivity contribution in [1.29, 1.82) is 0 Å². The van der Waals surface area contributed by atoms with Crippen LogP contribution < -0.4 is 16.0 Å². The second kappa shape index (κ2) is 17.8. The molecule has 0 aliphatic carbocycles. The maximum absolute atomic E-state index is 13.5. The first-order valence-corrected chi connectivity index (χ1v) is 17.2. The van der Waals surface area contributed by atoms with E-state index < -0.39 is 17.9 Å². The highest BCUT2D eigenvalue weighted by Gasteiger charge is 2.46. The van der Waals surface area contributed by atoms with Gasteiger partial charge >= 0.3 is 0 Å². The van der Waals surface area contributed by atoms with Crippen molar-refractivity contribution >= 4 is 47.7 Å². The zero-order chi connectivity index (χ0) is 37.9. The standard InChI is InChI=1S/C37H41N5O5.C3H5NO/c1-6-9-23(2)41(5)36(46)32-27(22-43)10-7-12-29(32)38-20-25-15-17-26(18-16-25)21-39-30-13-8-11-28-33(30)37(47)42(34(28)44)31-19-14-24(3)40(4)35(31)45;1-2-4-3-5/h7-8,10-13,15-18,22-23,31,38-39H,3,6,9,14,19-21H2,1-2,4-5H3;2-3H,1H2,(H,4,5). The molecule has 0 aromatic heterocycles. The van der Waals surface area contributed by atoms with E-state index in [-0.39, 0.29) is 29.0 Å². The molecule has 12 nitrogen and oxygen atoms in total. The number of aldehydes is 1. The Morgan fingerprint density at radius 2 is 1.58 bits per heavy atom. The summed E-state index contributed by atoms with van der Waals surface area (Å²) in [6, 6.07) is 17.4. The maximum Gasteiger partial charge on any atom is 0.264 e. The number of anilines is 2. The van der Waals surface area contributed by atoms with Crippen LogP contribution in [0, 0.1) is 0 Å². The van der Waals surface area contributed by atoms with Crippen molar-refractivity contribution in [2.24, 2.45) is 0 Å². The van der Waals surface area contributed by atoms with Gasteiger partial charge in [0.1, 0.15) is 6.04 Å². The topological polar surface area (TPSA) is 148 Å². The van der Waals surface area contributed by atoms with E-state index in [1.807, 2.05) is 31.2 Å². The second-order valence-electron chi connectivity index (χ2n) is 12.7. The number of likely N-dealkylation sites (tertiary alicyclic amines) is 1. The van der Waals surface area contributed by atoms with E-state index in [0.717, 1.165) is 28.9 Å². The fraction of sp³-hybridized carbons (Fsp3) is 0.300. The van der Waals surface area contributed by atoms with Gasteiger partial charge in [0.2, 0.25) is 12.3 Å². The molecule has 3 aromatic carbocycles. The molecule has 52 heavy (non-hydrogen) atoms. The fourth-order valence-electron chi connectivity index (χ4n) is 6.21. The van der Waals surface area contributed by atoms with Gasteiger partial charge in [-0.3, -0.25) is 33.7 Å². The Morgan fingerprint density at radius 1 is 0.962 bits per heavy atom. The minimum absolute atomic E-state index is 0.0414. The summed E-state index contributed by atoms with van der Waals surface area (Å²) in [4.78, 5) is 78.4. The molecule has 1 fully saturated rings. The third-order valence-corrected chi connectivity index (χ3v) is 9.35. The van der Waals surface area contributed by atoms with E-state index in [0.29, 0.717) is 66.8 Å². The van der Waals surface area contributed by atoms with Crippen molar-refractivity contribution in [3.63, 3.8) is 0 Å². The quantitative estimate of drug-likeness (QED) is 0.145. The largest absolute Gasteiger partial charge is 0.380 e. The minimum atomic E-state index is -0.854. The summed E-state index contributed by atoms with van der Waals surface area (Å²) < 4.78 is 0. The zero-order valence-electron chi connectivity index (χ0n) is 30.1. The van der Waals surface area contributed by atoms with Crippen LogP contribution in [0.2, 0.25) is 0 Å². The number of fused-ring (bicyclic) bond motifs is 1. The van der Waals surface area contributed by atoms with Crippen LogP contribution in [-0.2, 0) is 22.7 Å². The van der Waals surface area contributed by atoms with E-state index >= 15 is 0 Å². The number of nitrogens with one attached hydrogen (secondary N) is 3. The molecule has 1 saturated heterocycles. The molecule has 272 valence electrons. The van der Waals surface area contributed by atoms with Crippen molar-refractivity contribution in [2.45, 2.75) is 64.7 Å². The Labute approximate surface area is 304 Å². The van der Waals surface area contributed by atoms with Gasteiger partial charge in [-0.1, -0.05) is 69.0 Å².